The number of fused-ring (bicyclic) bond motifs is 1. The molecule has 8 heteroatoms. The van der Waals surface area contributed by atoms with E-state index < -0.39 is 0 Å². The smallest absolute Gasteiger partial charge is 0.258 e. The van der Waals surface area contributed by atoms with Crippen LogP contribution >= 0.6 is 23.4 Å². The number of nitrogens with zero attached hydrogens (tertiary/aromatic N) is 4. The lowest BCUT2D eigenvalue weighted by molar-refractivity contribution is 0.685. The predicted molar refractivity (Wildman–Crippen MR) is 113 cm³/mol. The fourth-order valence-corrected chi connectivity index (χ4v) is 4.08. The molecule has 0 spiro atoms. The molecule has 142 valence electrons. The third kappa shape index (κ3) is 3.55. The van der Waals surface area contributed by atoms with Crippen molar-refractivity contribution in [2.45, 2.75) is 30.8 Å². The van der Waals surface area contributed by atoms with Crippen LogP contribution in [-0.4, -0.2) is 24.7 Å². The van der Waals surface area contributed by atoms with Gasteiger partial charge in [0.2, 0.25) is 0 Å². The third-order valence-corrected chi connectivity index (χ3v) is 5.78. The second-order valence-corrected chi connectivity index (χ2v) is 8.03. The maximum atomic E-state index is 12.3. The molecule has 0 amide bonds. The highest BCUT2D eigenvalue weighted by molar-refractivity contribution is 7.99. The number of hydrogen-bond donors (Lipinski definition) is 1. The van der Waals surface area contributed by atoms with Crippen molar-refractivity contribution < 1.29 is 0 Å². The van der Waals surface area contributed by atoms with Gasteiger partial charge in [0.1, 0.15) is 5.82 Å². The molecule has 0 saturated carbocycles. The lowest BCUT2D eigenvalue weighted by Crippen LogP contribution is -2.13. The lowest BCUT2D eigenvalue weighted by Gasteiger charge is -2.12. The summed E-state index contributed by atoms with van der Waals surface area (Å²) in [5.74, 6) is 1.40. The minimum atomic E-state index is -0.133. The molecule has 4 rings (SSSR count). The highest BCUT2D eigenvalue weighted by Gasteiger charge is 2.19. The zero-order valence-corrected chi connectivity index (χ0v) is 17.0. The number of hydrogen-bond acceptors (Lipinski definition) is 5. The van der Waals surface area contributed by atoms with Gasteiger partial charge in [-0.15, -0.1) is 10.2 Å². The molecular formula is C20H18ClN5OS. The molecule has 1 N–H and O–H groups in total. The first-order valence-electron chi connectivity index (χ1n) is 8.91. The van der Waals surface area contributed by atoms with E-state index in [9.17, 15) is 4.79 Å². The number of benzene rings is 2. The lowest BCUT2D eigenvalue weighted by atomic mass is 10.2. The zero-order valence-electron chi connectivity index (χ0n) is 15.4. The van der Waals surface area contributed by atoms with Crippen molar-refractivity contribution in [3.8, 4) is 11.4 Å². The average Bonchev–Trinajstić information content (AvgIpc) is 3.11. The summed E-state index contributed by atoms with van der Waals surface area (Å²) in [6.45, 7) is 4.77. The van der Waals surface area contributed by atoms with Crippen molar-refractivity contribution in [2.75, 3.05) is 0 Å². The van der Waals surface area contributed by atoms with Crippen LogP contribution in [-0.2, 0) is 6.54 Å². The van der Waals surface area contributed by atoms with E-state index in [-0.39, 0.29) is 10.8 Å². The molecule has 0 aliphatic carbocycles. The average molecular weight is 412 g/mol. The fourth-order valence-electron chi connectivity index (χ4n) is 2.98. The molecular weight excluding hydrogens is 394 g/mol. The summed E-state index contributed by atoms with van der Waals surface area (Å²) in [5.41, 5.74) is 1.51. The normalized spacial score (nSPS) is 12.4. The van der Waals surface area contributed by atoms with Crippen molar-refractivity contribution in [3.63, 3.8) is 0 Å². The summed E-state index contributed by atoms with van der Waals surface area (Å²) in [4.78, 5) is 19.9. The van der Waals surface area contributed by atoms with Crippen LogP contribution in [0.2, 0.25) is 5.02 Å². The van der Waals surface area contributed by atoms with Crippen molar-refractivity contribution in [1.82, 2.24) is 24.7 Å². The Bertz CT molecular complexity index is 1190. The topological polar surface area (TPSA) is 76.5 Å². The largest absolute Gasteiger partial charge is 0.309 e. The molecule has 0 bridgehead atoms. The number of para-hydroxylation sites is 1. The van der Waals surface area contributed by atoms with E-state index in [1.807, 2.05) is 60.9 Å². The van der Waals surface area contributed by atoms with Crippen molar-refractivity contribution in [2.24, 2.45) is 0 Å². The molecule has 2 heterocycles. The van der Waals surface area contributed by atoms with Crippen LogP contribution in [0.1, 0.15) is 24.9 Å². The van der Waals surface area contributed by atoms with Gasteiger partial charge < -0.3 is 9.55 Å². The Balaban J connectivity index is 1.66. The van der Waals surface area contributed by atoms with Crippen LogP contribution < -0.4 is 5.56 Å². The van der Waals surface area contributed by atoms with E-state index >= 15 is 0 Å². The highest BCUT2D eigenvalue weighted by Crippen LogP contribution is 2.34. The van der Waals surface area contributed by atoms with Gasteiger partial charge in [0, 0.05) is 17.1 Å². The summed E-state index contributed by atoms with van der Waals surface area (Å²) in [6.07, 6.45) is 0. The van der Waals surface area contributed by atoms with E-state index in [1.54, 1.807) is 6.07 Å². The third-order valence-electron chi connectivity index (χ3n) is 4.43. The van der Waals surface area contributed by atoms with Crippen LogP contribution in [0.4, 0.5) is 0 Å². The summed E-state index contributed by atoms with van der Waals surface area (Å²) in [5, 5.41) is 10.7. The first-order chi connectivity index (χ1) is 13.6. The minimum Gasteiger partial charge on any atom is -0.309 e. The first kappa shape index (κ1) is 18.7. The molecule has 0 aliphatic rings. The number of nitrogens with one attached hydrogen (secondary N) is 1. The van der Waals surface area contributed by atoms with Crippen LogP contribution in [0.5, 0.6) is 0 Å². The van der Waals surface area contributed by atoms with Gasteiger partial charge >= 0.3 is 0 Å². The second kappa shape index (κ2) is 7.77. The molecule has 6 nitrogen and oxygen atoms in total. The number of thioether (sulfide) groups is 1. The fraction of sp³-hybridized carbons (Fsp3) is 0.200. The zero-order chi connectivity index (χ0) is 19.7. The predicted octanol–water partition coefficient (Wildman–Crippen LogP) is 4.71. The van der Waals surface area contributed by atoms with Crippen LogP contribution in [0, 0.1) is 0 Å². The van der Waals surface area contributed by atoms with Crippen LogP contribution in [0.3, 0.4) is 0 Å². The van der Waals surface area contributed by atoms with E-state index in [2.05, 4.69) is 20.2 Å². The number of halogens is 1. The molecule has 0 fully saturated rings. The van der Waals surface area contributed by atoms with Gasteiger partial charge in [0.25, 0.3) is 5.56 Å². The van der Waals surface area contributed by atoms with Gasteiger partial charge in [-0.05, 0) is 50.2 Å². The Labute approximate surface area is 171 Å². The van der Waals surface area contributed by atoms with E-state index in [0.29, 0.717) is 21.7 Å². The van der Waals surface area contributed by atoms with Crippen LogP contribution in [0.25, 0.3) is 22.3 Å². The first-order valence-corrected chi connectivity index (χ1v) is 10.2. The molecule has 0 saturated heterocycles. The van der Waals surface area contributed by atoms with Gasteiger partial charge in [0.05, 0.1) is 16.2 Å². The van der Waals surface area contributed by atoms with E-state index in [1.165, 1.54) is 11.8 Å². The maximum absolute atomic E-state index is 12.3. The quantitative estimate of drug-likeness (QED) is 0.481. The van der Waals surface area contributed by atoms with Gasteiger partial charge in [-0.25, -0.2) is 4.98 Å². The Kier molecular flexibility index (Phi) is 5.19. The Morgan fingerprint density at radius 3 is 2.64 bits per heavy atom. The van der Waals surface area contributed by atoms with Crippen molar-refractivity contribution >= 4 is 34.3 Å². The molecule has 1 atom stereocenters. The highest BCUT2D eigenvalue weighted by atomic mass is 35.5. The number of aromatic nitrogens is 5. The van der Waals surface area contributed by atoms with Crippen molar-refractivity contribution in [1.29, 1.82) is 0 Å². The van der Waals surface area contributed by atoms with Gasteiger partial charge in [-0.1, -0.05) is 35.5 Å². The Hall–Kier alpha value is -2.64. The molecule has 28 heavy (non-hydrogen) atoms. The summed E-state index contributed by atoms with van der Waals surface area (Å²) in [7, 11) is 0. The van der Waals surface area contributed by atoms with Crippen molar-refractivity contribution in [3.05, 3.63) is 69.7 Å². The number of H-pyrrole nitrogens is 1. The van der Waals surface area contributed by atoms with Crippen LogP contribution in [0.15, 0.2) is 58.5 Å². The summed E-state index contributed by atoms with van der Waals surface area (Å²) >= 11 is 7.50. The SMILES string of the molecule is CCn1c(S[C@H](C)c2nc3ccccc3c(=O)[nH]2)nnc1-c1ccc(Cl)cc1. The van der Waals surface area contributed by atoms with E-state index in [4.69, 9.17) is 11.6 Å². The number of aromatic amines is 1. The summed E-state index contributed by atoms with van der Waals surface area (Å²) in [6, 6.07) is 14.9. The molecule has 2 aromatic heterocycles. The van der Waals surface area contributed by atoms with Gasteiger partial charge in [-0.2, -0.15) is 0 Å². The molecule has 0 aliphatic heterocycles. The Morgan fingerprint density at radius 1 is 1.14 bits per heavy atom. The molecule has 2 aromatic carbocycles. The maximum Gasteiger partial charge on any atom is 0.258 e. The monoisotopic (exact) mass is 411 g/mol. The molecule has 4 aromatic rings. The number of rotatable bonds is 5. The van der Waals surface area contributed by atoms with Gasteiger partial charge in [0.15, 0.2) is 11.0 Å². The summed E-state index contributed by atoms with van der Waals surface area (Å²) < 4.78 is 2.05. The second-order valence-electron chi connectivity index (χ2n) is 6.29. The van der Waals surface area contributed by atoms with Gasteiger partial charge in [-0.3, -0.25) is 4.79 Å². The minimum absolute atomic E-state index is 0.0927. The Morgan fingerprint density at radius 2 is 1.89 bits per heavy atom. The molecule has 0 radical (unpaired) electrons. The molecule has 0 unspecified atom stereocenters. The standard InChI is InChI=1S/C20H18ClN5OS/c1-3-26-18(13-8-10-14(21)11-9-13)24-25-20(26)28-12(2)17-22-16-7-5-4-6-15(16)19(27)23-17/h4-12H,3H2,1-2H3,(H,22,23,27)/t12-/m1/s1. The van der Waals surface area contributed by atoms with E-state index in [0.717, 1.165) is 23.1 Å².